The van der Waals surface area contributed by atoms with Gasteiger partial charge in [0.15, 0.2) is 0 Å². The number of hydrogen-bond acceptors (Lipinski definition) is 15. The molecule has 15 nitrogen and oxygen atoms in total. The average Bonchev–Trinajstić information content (AvgIpc) is 3.30. The first-order valence-electron chi connectivity index (χ1n) is 22.5. The van der Waals surface area contributed by atoms with Crippen LogP contribution in [-0.4, -0.2) is 142 Å². The summed E-state index contributed by atoms with van der Waals surface area (Å²) in [5.41, 5.74) is 2.81. The highest BCUT2D eigenvalue weighted by Crippen LogP contribution is 2.34. The zero-order valence-electron chi connectivity index (χ0n) is 40.2. The molecule has 0 fully saturated rings. The number of fused-ring (bicyclic) bond motifs is 2. The zero-order chi connectivity index (χ0) is 47.3. The maximum Gasteiger partial charge on any atom is 0.344 e. The molecule has 360 valence electrons. The topological polar surface area (TPSA) is 158 Å². The third-order valence-corrected chi connectivity index (χ3v) is 10.9. The molecular weight excluding hydrogens is 839 g/mol. The van der Waals surface area contributed by atoms with Gasteiger partial charge >= 0.3 is 11.9 Å². The molecule has 65 heavy (non-hydrogen) atoms. The number of aromatic nitrogens is 1. The van der Waals surface area contributed by atoms with Crippen LogP contribution in [0.5, 0.6) is 17.2 Å². The van der Waals surface area contributed by atoms with Gasteiger partial charge in [-0.25, -0.2) is 14.6 Å². The lowest BCUT2D eigenvalue weighted by atomic mass is 10.0. The van der Waals surface area contributed by atoms with Crippen LogP contribution in [0.3, 0.4) is 0 Å². The average molecular weight is 910 g/mol. The summed E-state index contributed by atoms with van der Waals surface area (Å²) >= 11 is 0. The molecule has 0 aliphatic rings. The molecule has 0 radical (unpaired) electrons. The van der Waals surface area contributed by atoms with Gasteiger partial charge in [-0.05, 0) is 99.2 Å². The van der Waals surface area contributed by atoms with Crippen molar-refractivity contribution in [2.45, 2.75) is 104 Å². The van der Waals surface area contributed by atoms with E-state index in [1.54, 1.807) is 78.7 Å². The van der Waals surface area contributed by atoms with E-state index < -0.39 is 24.1 Å². The summed E-state index contributed by atoms with van der Waals surface area (Å²) < 4.78 is 70.8. The van der Waals surface area contributed by atoms with Crippen LogP contribution >= 0.6 is 0 Å². The van der Waals surface area contributed by atoms with Gasteiger partial charge in [-0.1, -0.05) is 27.7 Å². The maximum atomic E-state index is 14.8. The molecular formula is C50H71NO14. The molecule has 1 aromatic heterocycles. The second-order valence-corrected chi connectivity index (χ2v) is 15.9. The van der Waals surface area contributed by atoms with E-state index in [2.05, 4.69) is 27.7 Å². The van der Waals surface area contributed by atoms with E-state index >= 15 is 0 Å². The highest BCUT2D eigenvalue weighted by atomic mass is 16.6. The van der Waals surface area contributed by atoms with Crippen LogP contribution in [0.4, 0.5) is 0 Å². The zero-order valence-corrected chi connectivity index (χ0v) is 40.2. The Morgan fingerprint density at radius 1 is 0.492 bits per heavy atom. The number of pyridine rings is 1. The fourth-order valence-electron chi connectivity index (χ4n) is 7.43. The molecule has 0 bridgehead atoms. The van der Waals surface area contributed by atoms with Gasteiger partial charge in [-0.3, -0.25) is 0 Å². The van der Waals surface area contributed by atoms with Gasteiger partial charge in [-0.15, -0.1) is 0 Å². The van der Waals surface area contributed by atoms with Crippen molar-refractivity contribution in [2.75, 3.05) is 88.4 Å². The number of carbonyl (C=O) groups is 2. The van der Waals surface area contributed by atoms with E-state index in [1.165, 1.54) is 7.11 Å². The molecule has 0 saturated carbocycles. The summed E-state index contributed by atoms with van der Waals surface area (Å²) in [6, 6.07) is 14.1. The van der Waals surface area contributed by atoms with E-state index in [0.717, 1.165) is 25.7 Å². The summed E-state index contributed by atoms with van der Waals surface area (Å²) in [4.78, 5) is 32.3. The lowest BCUT2D eigenvalue weighted by Gasteiger charge is -2.25. The molecule has 1 heterocycles. The van der Waals surface area contributed by atoms with Gasteiger partial charge in [0, 0.05) is 39.2 Å². The van der Waals surface area contributed by atoms with Crippen LogP contribution in [0, 0.1) is 13.8 Å². The van der Waals surface area contributed by atoms with E-state index in [9.17, 15) is 9.59 Å². The first-order valence-corrected chi connectivity index (χ1v) is 22.5. The number of aryl methyl sites for hydroxylation is 2. The molecule has 3 aromatic carbocycles. The number of nitrogens with zero attached hydrogens (tertiary/aromatic N) is 1. The molecule has 0 aliphatic carbocycles. The molecule has 0 amide bonds. The Hall–Kier alpha value is -4.45. The molecule has 0 unspecified atom stereocenters. The van der Waals surface area contributed by atoms with Crippen LogP contribution in [0.2, 0.25) is 0 Å². The monoisotopic (exact) mass is 909 g/mol. The number of esters is 2. The molecule has 4 aromatic rings. The second-order valence-electron chi connectivity index (χ2n) is 15.9. The smallest absolute Gasteiger partial charge is 0.344 e. The van der Waals surface area contributed by atoms with Crippen LogP contribution in [0.25, 0.3) is 21.8 Å². The van der Waals surface area contributed by atoms with Crippen LogP contribution in [0.1, 0.15) is 85.2 Å². The number of ether oxygens (including phenoxy) is 12. The van der Waals surface area contributed by atoms with Crippen molar-refractivity contribution in [3.8, 4) is 17.2 Å². The van der Waals surface area contributed by atoms with E-state index in [4.69, 9.17) is 61.8 Å². The lowest BCUT2D eigenvalue weighted by Crippen LogP contribution is -2.36. The number of rotatable bonds is 31. The SMILES string of the molecule is CCC(CC)OCC(COC(CC)CC)Oc1ccc2nc3ccc(OC(COC(COC)COC)COC(COC)COC)cc3c(C(=O)Oc3c(C)cc(C(=O)OC)cc3C)c2c1. The molecule has 0 N–H and O–H groups in total. The van der Waals surface area contributed by atoms with Crippen LogP contribution < -0.4 is 14.2 Å². The third kappa shape index (κ3) is 15.9. The number of hydrogen-bond donors (Lipinski definition) is 0. The summed E-state index contributed by atoms with van der Waals surface area (Å²) in [5, 5.41) is 0.963. The van der Waals surface area contributed by atoms with Crippen LogP contribution in [0.15, 0.2) is 48.5 Å². The Kier molecular flexibility index (Phi) is 22.8. The number of benzene rings is 3. The second kappa shape index (κ2) is 27.9. The third-order valence-electron chi connectivity index (χ3n) is 10.9. The van der Waals surface area contributed by atoms with Gasteiger partial charge in [0.1, 0.15) is 41.7 Å². The lowest BCUT2D eigenvalue weighted by molar-refractivity contribution is -0.0989. The summed E-state index contributed by atoms with van der Waals surface area (Å²) in [6.45, 7) is 14.1. The minimum atomic E-state index is -0.647. The Morgan fingerprint density at radius 3 is 1.23 bits per heavy atom. The van der Waals surface area contributed by atoms with Gasteiger partial charge < -0.3 is 56.8 Å². The minimum absolute atomic E-state index is 0.0832. The van der Waals surface area contributed by atoms with E-state index in [1.807, 2.05) is 12.1 Å². The Bertz CT molecular complexity index is 2000. The molecule has 0 saturated heterocycles. The highest BCUT2D eigenvalue weighted by Gasteiger charge is 2.25. The summed E-state index contributed by atoms with van der Waals surface area (Å²) in [5.74, 6) is 0.0966. The van der Waals surface area contributed by atoms with E-state index in [0.29, 0.717) is 95.4 Å². The van der Waals surface area contributed by atoms with Crippen molar-refractivity contribution in [1.29, 1.82) is 0 Å². The van der Waals surface area contributed by atoms with Crippen molar-refractivity contribution < 1.29 is 66.4 Å². The van der Waals surface area contributed by atoms with Gasteiger partial charge in [0.05, 0.1) is 94.3 Å². The summed E-state index contributed by atoms with van der Waals surface area (Å²) in [6.07, 6.45) is 1.88. The summed E-state index contributed by atoms with van der Waals surface area (Å²) in [7, 11) is 7.71. The Labute approximate surface area is 384 Å². The first-order chi connectivity index (χ1) is 31.4. The van der Waals surface area contributed by atoms with Crippen molar-refractivity contribution in [3.05, 3.63) is 70.8 Å². The maximum absolute atomic E-state index is 14.8. The van der Waals surface area contributed by atoms with Crippen molar-refractivity contribution >= 4 is 33.7 Å². The Balaban J connectivity index is 1.84. The molecule has 0 aliphatic heterocycles. The van der Waals surface area contributed by atoms with Gasteiger partial charge in [-0.2, -0.15) is 0 Å². The predicted octanol–water partition coefficient (Wildman–Crippen LogP) is 8.27. The Morgan fingerprint density at radius 2 is 0.877 bits per heavy atom. The fourth-order valence-corrected chi connectivity index (χ4v) is 7.43. The van der Waals surface area contributed by atoms with E-state index in [-0.39, 0.29) is 43.2 Å². The van der Waals surface area contributed by atoms with Crippen molar-refractivity contribution in [1.82, 2.24) is 4.98 Å². The molecule has 0 atom stereocenters. The van der Waals surface area contributed by atoms with Gasteiger partial charge in [0.2, 0.25) is 0 Å². The highest BCUT2D eigenvalue weighted by molar-refractivity contribution is 6.15. The van der Waals surface area contributed by atoms with Crippen LogP contribution in [-0.2, 0) is 42.6 Å². The number of methoxy groups -OCH3 is 5. The van der Waals surface area contributed by atoms with Crippen molar-refractivity contribution in [3.63, 3.8) is 0 Å². The molecule has 0 spiro atoms. The number of carbonyl (C=O) groups excluding carboxylic acids is 2. The largest absolute Gasteiger partial charge is 0.486 e. The van der Waals surface area contributed by atoms with Gasteiger partial charge in [0.25, 0.3) is 0 Å². The molecule has 4 rings (SSSR count). The normalized spacial score (nSPS) is 12.0. The fraction of sp³-hybridized carbons (Fsp3) is 0.580. The predicted molar refractivity (Wildman–Crippen MR) is 248 cm³/mol. The quantitative estimate of drug-likeness (QED) is 0.0270. The molecule has 15 heteroatoms. The standard InChI is InChI=1S/C50H71NO14/c1-12-35(13-2)59-28-41(29-60-36(14-3)15-4)63-37-16-18-45-43(22-37)47(50(53)65-48-32(5)20-34(21-33(48)6)49(52)58-11)44-23-38(17-19-46(44)51-45)64-42(30-61-39(24-54-7)25-55-8)31-62-40(26-56-9)27-57-10/h16-23,35-36,39-42H,12-15,24-31H2,1-11H3. The minimum Gasteiger partial charge on any atom is -0.486 e. The van der Waals surface area contributed by atoms with Crippen molar-refractivity contribution in [2.24, 2.45) is 0 Å². The first kappa shape index (κ1) is 53.2.